The quantitative estimate of drug-likeness (QED) is 0.731. The molecule has 5 heteroatoms. The van der Waals surface area contributed by atoms with E-state index in [-0.39, 0.29) is 0 Å². The lowest BCUT2D eigenvalue weighted by molar-refractivity contribution is 0.111. The van der Waals surface area contributed by atoms with E-state index in [1.165, 1.54) is 0 Å². The van der Waals surface area contributed by atoms with Gasteiger partial charge in [0.05, 0.1) is 11.9 Å². The monoisotopic (exact) mass is 216 g/mol. The molecule has 0 N–H and O–H groups in total. The van der Waals surface area contributed by atoms with Gasteiger partial charge in [0.25, 0.3) is 0 Å². The van der Waals surface area contributed by atoms with E-state index < -0.39 is 0 Å². The first-order valence-electron chi connectivity index (χ1n) is 5.04. The van der Waals surface area contributed by atoms with Gasteiger partial charge in [0.1, 0.15) is 12.0 Å². The molecule has 0 unspecified atom stereocenters. The van der Waals surface area contributed by atoms with Crippen molar-refractivity contribution in [1.29, 1.82) is 0 Å². The summed E-state index contributed by atoms with van der Waals surface area (Å²) >= 11 is 0. The summed E-state index contributed by atoms with van der Waals surface area (Å²) in [4.78, 5) is 18.6. The van der Waals surface area contributed by atoms with E-state index in [0.717, 1.165) is 11.5 Å². The Balaban J connectivity index is 2.31. The fraction of sp³-hybridized carbons (Fsp3) is 0.273. The van der Waals surface area contributed by atoms with Gasteiger partial charge in [0.15, 0.2) is 12.1 Å². The number of rotatable bonds is 3. The predicted octanol–water partition coefficient (Wildman–Crippen LogP) is 1.60. The molecule has 16 heavy (non-hydrogen) atoms. The van der Waals surface area contributed by atoms with Gasteiger partial charge in [0, 0.05) is 5.92 Å². The smallest absolute Gasteiger partial charge is 0.168 e. The Kier molecular flexibility index (Phi) is 2.76. The topological polar surface area (TPSA) is 60.7 Å². The maximum absolute atomic E-state index is 10.5. The highest BCUT2D eigenvalue weighted by Crippen LogP contribution is 2.10. The summed E-state index contributed by atoms with van der Waals surface area (Å²) in [5, 5.41) is 4.31. The highest BCUT2D eigenvalue weighted by Gasteiger charge is 2.06. The van der Waals surface area contributed by atoms with Gasteiger partial charge >= 0.3 is 0 Å². The van der Waals surface area contributed by atoms with Crippen LogP contribution in [0.5, 0.6) is 0 Å². The molecular weight excluding hydrogens is 204 g/mol. The van der Waals surface area contributed by atoms with Crippen molar-refractivity contribution in [3.63, 3.8) is 0 Å². The molecule has 2 aromatic heterocycles. The van der Waals surface area contributed by atoms with Crippen LogP contribution < -0.4 is 0 Å². The zero-order valence-electron chi connectivity index (χ0n) is 9.16. The Morgan fingerprint density at radius 2 is 2.12 bits per heavy atom. The minimum Gasteiger partial charge on any atom is -0.296 e. The lowest BCUT2D eigenvalue weighted by atomic mass is 10.2. The fourth-order valence-corrected chi connectivity index (χ4v) is 1.27. The largest absolute Gasteiger partial charge is 0.296 e. The summed E-state index contributed by atoms with van der Waals surface area (Å²) in [6.07, 6.45) is 3.96. The average molecular weight is 216 g/mol. The number of hydrogen-bond acceptors (Lipinski definition) is 4. The normalized spacial score (nSPS) is 10.7. The van der Waals surface area contributed by atoms with Crippen LogP contribution in [0.4, 0.5) is 0 Å². The molecule has 0 radical (unpaired) electrons. The van der Waals surface area contributed by atoms with Crippen LogP contribution in [0.15, 0.2) is 24.7 Å². The van der Waals surface area contributed by atoms with Gasteiger partial charge < -0.3 is 0 Å². The second-order valence-corrected chi connectivity index (χ2v) is 3.76. The lowest BCUT2D eigenvalue weighted by Crippen LogP contribution is -1.98. The summed E-state index contributed by atoms with van der Waals surface area (Å²) in [5.41, 5.74) is 1.21. The van der Waals surface area contributed by atoms with E-state index >= 15 is 0 Å². The van der Waals surface area contributed by atoms with Gasteiger partial charge in [-0.05, 0) is 12.1 Å². The number of nitrogens with zero attached hydrogens (tertiary/aromatic N) is 4. The molecule has 0 aliphatic carbocycles. The van der Waals surface area contributed by atoms with Gasteiger partial charge in [-0.1, -0.05) is 13.8 Å². The zero-order valence-corrected chi connectivity index (χ0v) is 9.16. The van der Waals surface area contributed by atoms with Crippen LogP contribution in [-0.2, 0) is 0 Å². The zero-order chi connectivity index (χ0) is 11.5. The number of pyridine rings is 1. The van der Waals surface area contributed by atoms with Crippen LogP contribution in [0, 0.1) is 0 Å². The maximum Gasteiger partial charge on any atom is 0.168 e. The van der Waals surface area contributed by atoms with Crippen LogP contribution in [0.2, 0.25) is 0 Å². The first-order valence-corrected chi connectivity index (χ1v) is 5.04. The van der Waals surface area contributed by atoms with E-state index in [1.54, 1.807) is 29.3 Å². The SMILES string of the molecule is CC(C)c1ncn(-c2ccc(C=O)nc2)n1. The lowest BCUT2D eigenvalue weighted by Gasteiger charge is -1.99. The molecule has 2 aromatic rings. The van der Waals surface area contributed by atoms with Crippen molar-refractivity contribution in [1.82, 2.24) is 19.7 Å². The molecule has 0 saturated heterocycles. The van der Waals surface area contributed by atoms with E-state index in [9.17, 15) is 4.79 Å². The Morgan fingerprint density at radius 1 is 1.31 bits per heavy atom. The molecule has 2 heterocycles. The van der Waals surface area contributed by atoms with Crippen molar-refractivity contribution in [3.05, 3.63) is 36.2 Å². The Bertz CT molecular complexity index is 487. The van der Waals surface area contributed by atoms with E-state index in [1.807, 2.05) is 13.8 Å². The highest BCUT2D eigenvalue weighted by molar-refractivity contribution is 5.71. The van der Waals surface area contributed by atoms with Crippen LogP contribution in [0.3, 0.4) is 0 Å². The standard InChI is InChI=1S/C11H12N4O/c1-8(2)11-13-7-15(14-11)10-4-3-9(6-16)12-5-10/h3-8H,1-2H3. The predicted molar refractivity (Wildman–Crippen MR) is 58.6 cm³/mol. The number of aromatic nitrogens is 4. The maximum atomic E-state index is 10.5. The van der Waals surface area contributed by atoms with Crippen molar-refractivity contribution in [3.8, 4) is 5.69 Å². The number of aldehydes is 1. The molecule has 0 spiro atoms. The molecule has 5 nitrogen and oxygen atoms in total. The first kappa shape index (κ1) is 10.5. The third kappa shape index (κ3) is 1.98. The fourth-order valence-electron chi connectivity index (χ4n) is 1.27. The first-order chi connectivity index (χ1) is 7.70. The third-order valence-corrected chi connectivity index (χ3v) is 2.18. The van der Waals surface area contributed by atoms with Crippen molar-refractivity contribution in [2.24, 2.45) is 0 Å². The van der Waals surface area contributed by atoms with Gasteiger partial charge in [-0.15, -0.1) is 0 Å². The van der Waals surface area contributed by atoms with Gasteiger partial charge in [-0.25, -0.2) is 9.67 Å². The minimum atomic E-state index is 0.295. The molecule has 0 bridgehead atoms. The Hall–Kier alpha value is -2.04. The Morgan fingerprint density at radius 3 is 2.62 bits per heavy atom. The molecule has 0 aliphatic heterocycles. The van der Waals surface area contributed by atoms with Crippen LogP contribution in [0.25, 0.3) is 5.69 Å². The molecule has 0 fully saturated rings. The molecule has 0 aliphatic rings. The number of hydrogen-bond donors (Lipinski definition) is 0. The van der Waals surface area contributed by atoms with Crippen molar-refractivity contribution < 1.29 is 4.79 Å². The summed E-state index contributed by atoms with van der Waals surface area (Å²) < 4.78 is 1.65. The van der Waals surface area contributed by atoms with Crippen LogP contribution in [0.1, 0.15) is 36.1 Å². The molecule has 0 atom stereocenters. The van der Waals surface area contributed by atoms with Crippen LogP contribution in [-0.4, -0.2) is 26.0 Å². The van der Waals surface area contributed by atoms with Gasteiger partial charge in [-0.3, -0.25) is 9.78 Å². The second kappa shape index (κ2) is 4.22. The second-order valence-electron chi connectivity index (χ2n) is 3.76. The number of carbonyl (C=O) groups is 1. The summed E-state index contributed by atoms with van der Waals surface area (Å²) in [6, 6.07) is 3.44. The van der Waals surface area contributed by atoms with Crippen LogP contribution >= 0.6 is 0 Å². The minimum absolute atomic E-state index is 0.295. The molecule has 0 amide bonds. The van der Waals surface area contributed by atoms with Crippen molar-refractivity contribution in [2.75, 3.05) is 0 Å². The van der Waals surface area contributed by atoms with Crippen molar-refractivity contribution in [2.45, 2.75) is 19.8 Å². The summed E-state index contributed by atoms with van der Waals surface area (Å²) in [5.74, 6) is 1.09. The molecule has 0 saturated carbocycles. The van der Waals surface area contributed by atoms with Gasteiger partial charge in [-0.2, -0.15) is 5.10 Å². The van der Waals surface area contributed by atoms with E-state index in [2.05, 4.69) is 15.1 Å². The average Bonchev–Trinajstić information content (AvgIpc) is 2.78. The number of carbonyl (C=O) groups excluding carboxylic acids is 1. The molecule has 82 valence electrons. The van der Waals surface area contributed by atoms with E-state index in [4.69, 9.17) is 0 Å². The third-order valence-electron chi connectivity index (χ3n) is 2.18. The molecular formula is C11H12N4O. The van der Waals surface area contributed by atoms with Gasteiger partial charge in [0.2, 0.25) is 0 Å². The highest BCUT2D eigenvalue weighted by atomic mass is 16.1. The van der Waals surface area contributed by atoms with E-state index in [0.29, 0.717) is 17.9 Å². The Labute approximate surface area is 93.2 Å². The molecule has 2 rings (SSSR count). The molecule has 0 aromatic carbocycles. The summed E-state index contributed by atoms with van der Waals surface area (Å²) in [6.45, 7) is 4.07. The summed E-state index contributed by atoms with van der Waals surface area (Å²) in [7, 11) is 0. The van der Waals surface area contributed by atoms with Crippen molar-refractivity contribution >= 4 is 6.29 Å².